The summed E-state index contributed by atoms with van der Waals surface area (Å²) >= 11 is 0. The first-order chi connectivity index (χ1) is 37.0. The van der Waals surface area contributed by atoms with E-state index in [9.17, 15) is 19.8 Å². The molecule has 0 aromatic heterocycles. The van der Waals surface area contributed by atoms with Gasteiger partial charge in [0.2, 0.25) is 5.91 Å². The van der Waals surface area contributed by atoms with Gasteiger partial charge >= 0.3 is 5.97 Å². The number of unbranched alkanes of at least 4 members (excludes halogenated alkanes) is 48. The lowest BCUT2D eigenvalue weighted by Gasteiger charge is -2.20. The average molecular weight is 1050 g/mol. The molecule has 0 aromatic carbocycles. The van der Waals surface area contributed by atoms with E-state index < -0.39 is 12.1 Å². The molecule has 3 N–H and O–H groups in total. The molecule has 0 heterocycles. The largest absolute Gasteiger partial charge is 0.466 e. The normalized spacial score (nSPS) is 12.7. The molecule has 1 amide bonds. The Bertz CT molecular complexity index is 1210. The molecule has 6 nitrogen and oxygen atoms in total. The fraction of sp³-hybridized carbons (Fsp3) is 0.884. The van der Waals surface area contributed by atoms with E-state index in [1.54, 1.807) is 6.08 Å². The molecule has 0 saturated carbocycles. The van der Waals surface area contributed by atoms with Gasteiger partial charge in [0.25, 0.3) is 0 Å². The van der Waals surface area contributed by atoms with Crippen LogP contribution in [0, 0.1) is 0 Å². The molecule has 0 saturated heterocycles. The summed E-state index contributed by atoms with van der Waals surface area (Å²) in [6, 6.07) is -0.625. The van der Waals surface area contributed by atoms with Crippen LogP contribution < -0.4 is 5.32 Å². The van der Waals surface area contributed by atoms with Crippen molar-refractivity contribution in [3.8, 4) is 0 Å². The zero-order chi connectivity index (χ0) is 54.3. The van der Waals surface area contributed by atoms with Crippen molar-refractivity contribution >= 4 is 11.9 Å². The molecular formula is C69H131NO5. The van der Waals surface area contributed by atoms with Gasteiger partial charge in [0, 0.05) is 12.8 Å². The second-order valence-corrected chi connectivity index (χ2v) is 23.1. The summed E-state index contributed by atoms with van der Waals surface area (Å²) in [5, 5.41) is 23.1. The highest BCUT2D eigenvalue weighted by molar-refractivity contribution is 5.76. The molecule has 75 heavy (non-hydrogen) atoms. The Balaban J connectivity index is 3.36. The number of esters is 1. The van der Waals surface area contributed by atoms with Gasteiger partial charge in [-0.3, -0.25) is 9.59 Å². The van der Waals surface area contributed by atoms with E-state index >= 15 is 0 Å². The molecule has 0 aliphatic rings. The van der Waals surface area contributed by atoms with Crippen LogP contribution in [0.2, 0.25) is 0 Å². The van der Waals surface area contributed by atoms with E-state index in [1.807, 2.05) is 6.08 Å². The summed E-state index contributed by atoms with van der Waals surface area (Å²) in [4.78, 5) is 24.5. The van der Waals surface area contributed by atoms with Crippen molar-refractivity contribution in [2.45, 2.75) is 379 Å². The van der Waals surface area contributed by atoms with Crippen LogP contribution in [0.25, 0.3) is 0 Å². The van der Waals surface area contributed by atoms with E-state index in [1.165, 1.54) is 295 Å². The number of aliphatic hydroxyl groups excluding tert-OH is 2. The third kappa shape index (κ3) is 61.2. The third-order valence-electron chi connectivity index (χ3n) is 15.6. The van der Waals surface area contributed by atoms with Crippen molar-refractivity contribution in [1.82, 2.24) is 5.32 Å². The number of carbonyl (C=O) groups excluding carboxylic acids is 2. The number of carbonyl (C=O) groups is 2. The number of aliphatic hydroxyl groups is 2. The summed E-state index contributed by atoms with van der Waals surface area (Å²) in [5.41, 5.74) is 0. The molecule has 2 unspecified atom stereocenters. The number of hydrogen-bond donors (Lipinski definition) is 3. The monoisotopic (exact) mass is 1050 g/mol. The summed E-state index contributed by atoms with van der Waals surface area (Å²) in [6.45, 7) is 4.88. The van der Waals surface area contributed by atoms with Crippen LogP contribution in [0.1, 0.15) is 367 Å². The van der Waals surface area contributed by atoms with Gasteiger partial charge in [-0.2, -0.15) is 0 Å². The first-order valence-electron chi connectivity index (χ1n) is 33.8. The molecular weight excluding hydrogens is 923 g/mol. The molecule has 2 atom stereocenters. The number of nitrogens with one attached hydrogen (secondary N) is 1. The highest BCUT2D eigenvalue weighted by Crippen LogP contribution is 2.18. The van der Waals surface area contributed by atoms with Crippen LogP contribution in [0.5, 0.6) is 0 Å². The molecule has 0 fully saturated rings. The molecule has 0 spiro atoms. The molecule has 0 rings (SSSR count). The lowest BCUT2D eigenvalue weighted by molar-refractivity contribution is -0.143. The molecule has 0 radical (unpaired) electrons. The minimum absolute atomic E-state index is 0.00733. The highest BCUT2D eigenvalue weighted by Gasteiger charge is 2.18. The lowest BCUT2D eigenvalue weighted by atomic mass is 10.0. The van der Waals surface area contributed by atoms with Gasteiger partial charge in [-0.1, -0.05) is 314 Å². The summed E-state index contributed by atoms with van der Waals surface area (Å²) in [5.74, 6) is -0.0561. The van der Waals surface area contributed by atoms with Crippen molar-refractivity contribution in [3.63, 3.8) is 0 Å². The van der Waals surface area contributed by atoms with Crippen LogP contribution in [0.15, 0.2) is 36.5 Å². The smallest absolute Gasteiger partial charge is 0.305 e. The van der Waals surface area contributed by atoms with Gasteiger partial charge in [-0.15, -0.1) is 0 Å². The van der Waals surface area contributed by atoms with Crippen molar-refractivity contribution in [2.24, 2.45) is 0 Å². The standard InChI is InChI=1S/C69H131NO5/c1-3-5-7-9-11-13-15-16-38-42-45-49-53-57-61-67(72)66(65-71)70-68(73)62-58-54-50-46-43-39-36-34-32-30-28-26-24-22-20-18-17-19-21-23-25-27-29-31-33-35-37-40-44-48-52-56-60-64-75-69(74)63-59-55-51-47-41-14-12-10-8-6-4-2/h10,12,21,23,57,61,66-67,71-72H,3-9,11,13-20,22,24-56,58-60,62-65H2,1-2H3,(H,70,73)/b12-10-,23-21-,61-57+. The Morgan fingerprint density at radius 2 is 0.640 bits per heavy atom. The highest BCUT2D eigenvalue weighted by atomic mass is 16.5. The van der Waals surface area contributed by atoms with Crippen molar-refractivity contribution < 1.29 is 24.5 Å². The van der Waals surface area contributed by atoms with Crippen molar-refractivity contribution in [2.75, 3.05) is 13.2 Å². The van der Waals surface area contributed by atoms with Gasteiger partial charge in [-0.25, -0.2) is 0 Å². The topological polar surface area (TPSA) is 95.9 Å². The van der Waals surface area contributed by atoms with E-state index in [2.05, 4.69) is 43.5 Å². The van der Waals surface area contributed by atoms with E-state index in [0.29, 0.717) is 19.4 Å². The summed E-state index contributed by atoms with van der Waals surface area (Å²) < 4.78 is 5.46. The quantitative estimate of drug-likeness (QED) is 0.0320. The Kier molecular flexibility index (Phi) is 63.0. The van der Waals surface area contributed by atoms with E-state index in [-0.39, 0.29) is 18.5 Å². The van der Waals surface area contributed by atoms with Crippen molar-refractivity contribution in [1.29, 1.82) is 0 Å². The predicted octanol–water partition coefficient (Wildman–Crippen LogP) is 21.5. The summed E-state index contributed by atoms with van der Waals surface area (Å²) in [7, 11) is 0. The van der Waals surface area contributed by atoms with Crippen LogP contribution in [-0.4, -0.2) is 47.4 Å². The minimum atomic E-state index is -0.842. The lowest BCUT2D eigenvalue weighted by Crippen LogP contribution is -2.45. The Hall–Kier alpha value is -1.92. The second-order valence-electron chi connectivity index (χ2n) is 23.1. The zero-order valence-electron chi connectivity index (χ0n) is 50.5. The van der Waals surface area contributed by atoms with Gasteiger partial charge in [-0.05, 0) is 77.0 Å². The maximum absolute atomic E-state index is 12.5. The Labute approximate surface area is 468 Å². The number of hydrogen-bond acceptors (Lipinski definition) is 5. The minimum Gasteiger partial charge on any atom is -0.466 e. The number of ether oxygens (including phenoxy) is 1. The maximum atomic E-state index is 12.5. The number of amides is 1. The van der Waals surface area contributed by atoms with Gasteiger partial charge in [0.15, 0.2) is 0 Å². The van der Waals surface area contributed by atoms with Gasteiger partial charge < -0.3 is 20.3 Å². The van der Waals surface area contributed by atoms with Gasteiger partial charge in [0.1, 0.15) is 0 Å². The second kappa shape index (κ2) is 64.6. The average Bonchev–Trinajstić information content (AvgIpc) is 3.41. The molecule has 0 aromatic rings. The van der Waals surface area contributed by atoms with Crippen LogP contribution >= 0.6 is 0 Å². The first kappa shape index (κ1) is 73.1. The van der Waals surface area contributed by atoms with Crippen LogP contribution in [-0.2, 0) is 14.3 Å². The fourth-order valence-electron chi connectivity index (χ4n) is 10.4. The molecule has 0 aliphatic heterocycles. The molecule has 6 heteroatoms. The van der Waals surface area contributed by atoms with Crippen molar-refractivity contribution in [3.05, 3.63) is 36.5 Å². The van der Waals surface area contributed by atoms with Crippen LogP contribution in [0.3, 0.4) is 0 Å². The fourth-order valence-corrected chi connectivity index (χ4v) is 10.4. The number of rotatable bonds is 63. The first-order valence-corrected chi connectivity index (χ1v) is 33.8. The predicted molar refractivity (Wildman–Crippen MR) is 329 cm³/mol. The summed E-state index contributed by atoms with van der Waals surface area (Å²) in [6.07, 6.45) is 82.2. The Morgan fingerprint density at radius 3 is 0.987 bits per heavy atom. The number of allylic oxidation sites excluding steroid dienone is 5. The van der Waals surface area contributed by atoms with E-state index in [0.717, 1.165) is 44.9 Å². The van der Waals surface area contributed by atoms with E-state index in [4.69, 9.17) is 4.74 Å². The van der Waals surface area contributed by atoms with Gasteiger partial charge in [0.05, 0.1) is 25.4 Å². The third-order valence-corrected chi connectivity index (χ3v) is 15.6. The molecule has 442 valence electrons. The SMILES string of the molecule is CCCC/C=C\CCCCCCCC(=O)OCCCCCCCCCCCCCC/C=C\CCCCCCCCCCCCCCCCCCCC(=O)NC(CO)C(O)/C=C/CCCCCCCCCCCCCC. The molecule has 0 bridgehead atoms. The molecule has 0 aliphatic carbocycles. The Morgan fingerprint density at radius 1 is 0.360 bits per heavy atom. The zero-order valence-corrected chi connectivity index (χ0v) is 50.5. The maximum Gasteiger partial charge on any atom is 0.305 e. The van der Waals surface area contributed by atoms with Crippen LogP contribution in [0.4, 0.5) is 0 Å².